The van der Waals surface area contributed by atoms with E-state index in [1.54, 1.807) is 0 Å². The van der Waals surface area contributed by atoms with E-state index < -0.39 is 16.8 Å². The topological polar surface area (TPSA) is 98.5 Å². The van der Waals surface area contributed by atoms with Crippen LogP contribution >= 0.6 is 15.9 Å². The summed E-state index contributed by atoms with van der Waals surface area (Å²) in [6, 6.07) is 1.37. The molecule has 0 bridgehead atoms. The summed E-state index contributed by atoms with van der Waals surface area (Å²) in [6.45, 7) is 2.71. The molecule has 0 saturated heterocycles. The SMILES string of the molecule is COC(=O)c1cc(Br)c(C)c([N+](=O)[O-])c1NC(C)=O. The average Bonchev–Trinajstić information content (AvgIpc) is 2.31. The molecule has 1 aromatic rings. The summed E-state index contributed by atoms with van der Waals surface area (Å²) < 4.78 is 4.94. The van der Waals surface area contributed by atoms with E-state index in [0.29, 0.717) is 10.0 Å². The zero-order chi connectivity index (χ0) is 14.7. The van der Waals surface area contributed by atoms with Gasteiger partial charge in [-0.2, -0.15) is 0 Å². The van der Waals surface area contributed by atoms with Gasteiger partial charge in [-0.05, 0) is 13.0 Å². The number of ether oxygens (including phenoxy) is 1. The van der Waals surface area contributed by atoms with E-state index in [-0.39, 0.29) is 16.9 Å². The number of rotatable bonds is 3. The summed E-state index contributed by atoms with van der Waals surface area (Å²) in [5.74, 6) is -1.29. The Labute approximate surface area is 117 Å². The number of nitrogens with zero attached hydrogens (tertiary/aromatic N) is 1. The van der Waals surface area contributed by atoms with Gasteiger partial charge in [-0.3, -0.25) is 14.9 Å². The minimum atomic E-state index is -0.771. The molecule has 0 spiro atoms. The van der Waals surface area contributed by atoms with E-state index in [4.69, 9.17) is 0 Å². The molecule has 0 aliphatic heterocycles. The van der Waals surface area contributed by atoms with Crippen LogP contribution in [0.5, 0.6) is 0 Å². The normalized spacial score (nSPS) is 9.89. The van der Waals surface area contributed by atoms with Crippen molar-refractivity contribution in [2.75, 3.05) is 12.4 Å². The predicted octanol–water partition coefficient (Wildman–Crippen LogP) is 2.41. The number of benzene rings is 1. The first-order valence-corrected chi connectivity index (χ1v) is 5.92. The van der Waals surface area contributed by atoms with E-state index in [0.717, 1.165) is 7.11 Å². The maximum atomic E-state index is 11.6. The molecular weight excluding hydrogens is 320 g/mol. The van der Waals surface area contributed by atoms with Crippen molar-refractivity contribution in [3.05, 3.63) is 31.8 Å². The van der Waals surface area contributed by atoms with E-state index in [2.05, 4.69) is 26.0 Å². The molecule has 0 saturated carbocycles. The third kappa shape index (κ3) is 3.08. The quantitative estimate of drug-likeness (QED) is 0.521. The zero-order valence-electron chi connectivity index (χ0n) is 10.4. The van der Waals surface area contributed by atoms with Crippen LogP contribution in [0.4, 0.5) is 11.4 Å². The van der Waals surface area contributed by atoms with E-state index in [1.807, 2.05) is 0 Å². The fourth-order valence-corrected chi connectivity index (χ4v) is 1.95. The first kappa shape index (κ1) is 15.1. The van der Waals surface area contributed by atoms with Gasteiger partial charge in [0.2, 0.25) is 5.91 Å². The number of amides is 1. The summed E-state index contributed by atoms with van der Waals surface area (Å²) in [5.41, 5.74) is -0.279. The molecule has 1 aromatic carbocycles. The number of esters is 1. The highest BCUT2D eigenvalue weighted by atomic mass is 79.9. The van der Waals surface area contributed by atoms with Crippen LogP contribution < -0.4 is 5.32 Å². The van der Waals surface area contributed by atoms with Gasteiger partial charge >= 0.3 is 5.97 Å². The van der Waals surface area contributed by atoms with Gasteiger partial charge in [0, 0.05) is 17.0 Å². The lowest BCUT2D eigenvalue weighted by molar-refractivity contribution is -0.384. The smallest absolute Gasteiger partial charge is 0.340 e. The van der Waals surface area contributed by atoms with Crippen LogP contribution in [-0.2, 0) is 9.53 Å². The maximum Gasteiger partial charge on any atom is 0.340 e. The molecule has 1 N–H and O–H groups in total. The Morgan fingerprint density at radius 2 is 2.05 bits per heavy atom. The third-order valence-corrected chi connectivity index (χ3v) is 3.20. The van der Waals surface area contributed by atoms with Gasteiger partial charge in [-0.1, -0.05) is 15.9 Å². The number of hydrogen-bond donors (Lipinski definition) is 1. The maximum absolute atomic E-state index is 11.6. The Kier molecular flexibility index (Phi) is 4.60. The lowest BCUT2D eigenvalue weighted by atomic mass is 10.1. The molecule has 7 nitrogen and oxygen atoms in total. The highest BCUT2D eigenvalue weighted by Crippen LogP contribution is 2.37. The van der Waals surface area contributed by atoms with Crippen molar-refractivity contribution in [2.24, 2.45) is 0 Å². The van der Waals surface area contributed by atoms with Crippen LogP contribution in [0, 0.1) is 17.0 Å². The molecule has 0 radical (unpaired) electrons. The van der Waals surface area contributed by atoms with Crippen molar-refractivity contribution < 1.29 is 19.2 Å². The van der Waals surface area contributed by atoms with Crippen molar-refractivity contribution in [2.45, 2.75) is 13.8 Å². The number of carbonyl (C=O) groups excluding carboxylic acids is 2. The van der Waals surface area contributed by atoms with E-state index in [9.17, 15) is 19.7 Å². The number of anilines is 1. The van der Waals surface area contributed by atoms with Gasteiger partial charge in [0.05, 0.1) is 17.6 Å². The fraction of sp³-hybridized carbons (Fsp3) is 0.273. The van der Waals surface area contributed by atoms with Crippen molar-refractivity contribution >= 4 is 39.2 Å². The number of nitro groups is 1. The lowest BCUT2D eigenvalue weighted by Crippen LogP contribution is -2.15. The van der Waals surface area contributed by atoms with Gasteiger partial charge in [-0.25, -0.2) is 4.79 Å². The Morgan fingerprint density at radius 1 is 1.47 bits per heavy atom. The summed E-state index contributed by atoms with van der Waals surface area (Å²) in [6.07, 6.45) is 0. The summed E-state index contributed by atoms with van der Waals surface area (Å²) in [5, 5.41) is 13.4. The second-order valence-corrected chi connectivity index (χ2v) is 4.54. The Morgan fingerprint density at radius 3 is 2.47 bits per heavy atom. The van der Waals surface area contributed by atoms with Crippen molar-refractivity contribution in [3.8, 4) is 0 Å². The summed E-state index contributed by atoms with van der Waals surface area (Å²) in [7, 11) is 1.15. The molecule has 0 aliphatic carbocycles. The monoisotopic (exact) mass is 330 g/mol. The van der Waals surface area contributed by atoms with Crippen LogP contribution in [-0.4, -0.2) is 23.9 Å². The molecule has 0 fully saturated rings. The highest BCUT2D eigenvalue weighted by molar-refractivity contribution is 9.10. The molecule has 8 heteroatoms. The molecule has 19 heavy (non-hydrogen) atoms. The first-order chi connectivity index (χ1) is 8.79. The van der Waals surface area contributed by atoms with Crippen molar-refractivity contribution in [3.63, 3.8) is 0 Å². The van der Waals surface area contributed by atoms with Gasteiger partial charge in [0.1, 0.15) is 5.69 Å². The third-order valence-electron chi connectivity index (χ3n) is 2.38. The van der Waals surface area contributed by atoms with Gasteiger partial charge in [0.25, 0.3) is 5.69 Å². The standard InChI is InChI=1S/C11H11BrN2O5/c1-5-8(12)4-7(11(16)19-3)9(13-6(2)15)10(5)14(17)18/h4H,1-3H3,(H,13,15). The number of carbonyl (C=O) groups is 2. The van der Waals surface area contributed by atoms with Crippen LogP contribution in [0.1, 0.15) is 22.8 Å². The minimum absolute atomic E-state index is 0.0816. The summed E-state index contributed by atoms with van der Waals surface area (Å²) >= 11 is 3.14. The van der Waals surface area contributed by atoms with Crippen LogP contribution in [0.2, 0.25) is 0 Å². The lowest BCUT2D eigenvalue weighted by Gasteiger charge is -2.12. The molecule has 0 aliphatic rings. The number of hydrogen-bond acceptors (Lipinski definition) is 5. The Balaban J connectivity index is 3.67. The second kappa shape index (κ2) is 5.79. The number of nitro benzene ring substituents is 1. The van der Waals surface area contributed by atoms with Crippen LogP contribution in [0.15, 0.2) is 10.5 Å². The Bertz CT molecular complexity index is 571. The highest BCUT2D eigenvalue weighted by Gasteiger charge is 2.27. The van der Waals surface area contributed by atoms with Crippen molar-refractivity contribution in [1.82, 2.24) is 0 Å². The molecule has 1 amide bonds. The van der Waals surface area contributed by atoms with Crippen LogP contribution in [0.25, 0.3) is 0 Å². The van der Waals surface area contributed by atoms with Gasteiger partial charge < -0.3 is 10.1 Å². The largest absolute Gasteiger partial charge is 0.465 e. The summed E-state index contributed by atoms with van der Waals surface area (Å²) in [4.78, 5) is 33.3. The number of nitrogens with one attached hydrogen (secondary N) is 1. The predicted molar refractivity (Wildman–Crippen MR) is 71.2 cm³/mol. The van der Waals surface area contributed by atoms with Gasteiger partial charge in [0.15, 0.2) is 0 Å². The molecule has 0 aromatic heterocycles. The van der Waals surface area contributed by atoms with E-state index in [1.165, 1.54) is 19.9 Å². The Hall–Kier alpha value is -1.96. The number of halogens is 1. The molecule has 0 atom stereocenters. The molecular formula is C11H11BrN2O5. The average molecular weight is 331 g/mol. The molecule has 102 valence electrons. The van der Waals surface area contributed by atoms with Crippen molar-refractivity contribution in [1.29, 1.82) is 0 Å². The number of methoxy groups -OCH3 is 1. The van der Waals surface area contributed by atoms with Gasteiger partial charge in [-0.15, -0.1) is 0 Å². The molecule has 0 unspecified atom stereocenters. The second-order valence-electron chi connectivity index (χ2n) is 3.68. The fourth-order valence-electron chi connectivity index (χ4n) is 1.54. The molecule has 1 rings (SSSR count). The van der Waals surface area contributed by atoms with Crippen LogP contribution in [0.3, 0.4) is 0 Å². The minimum Gasteiger partial charge on any atom is -0.465 e. The first-order valence-electron chi connectivity index (χ1n) is 5.13. The zero-order valence-corrected chi connectivity index (χ0v) is 12.0. The molecule has 0 heterocycles. The van der Waals surface area contributed by atoms with E-state index >= 15 is 0 Å².